The number of aryl methyl sites for hydroxylation is 1. The highest BCUT2D eigenvalue weighted by Gasteiger charge is 2.22. The molecule has 4 heteroatoms. The second-order valence-electron chi connectivity index (χ2n) is 8.55. The van der Waals surface area contributed by atoms with Crippen LogP contribution >= 0.6 is 0 Å². The van der Waals surface area contributed by atoms with E-state index in [2.05, 4.69) is 27.7 Å². The van der Waals surface area contributed by atoms with Gasteiger partial charge < -0.3 is 9.84 Å². The zero-order valence-electron chi connectivity index (χ0n) is 16.4. The van der Waals surface area contributed by atoms with E-state index in [9.17, 15) is 14.7 Å². The van der Waals surface area contributed by atoms with E-state index in [0.29, 0.717) is 17.9 Å². The van der Waals surface area contributed by atoms with E-state index in [1.165, 1.54) is 6.07 Å². The Morgan fingerprint density at radius 1 is 1.16 bits per heavy atom. The largest absolute Gasteiger partial charge is 0.478 e. The summed E-state index contributed by atoms with van der Waals surface area (Å²) in [6.45, 7) is 13.0. The molecule has 1 N–H and O–H groups in total. The summed E-state index contributed by atoms with van der Waals surface area (Å²) in [6.07, 6.45) is 2.61. The average Bonchev–Trinajstić information content (AvgIpc) is 2.48. The number of hydrogen-bond donors (Lipinski definition) is 1. The zero-order chi connectivity index (χ0) is 19.2. The fourth-order valence-electron chi connectivity index (χ4n) is 3.10. The molecule has 0 saturated carbocycles. The van der Waals surface area contributed by atoms with Crippen LogP contribution in [0, 0.1) is 17.3 Å². The Balaban J connectivity index is 2.95. The predicted octanol–water partition coefficient (Wildman–Crippen LogP) is 5.20. The lowest BCUT2D eigenvalue weighted by Gasteiger charge is -2.23. The second-order valence-corrected chi connectivity index (χ2v) is 8.55. The molecule has 1 unspecified atom stereocenters. The topological polar surface area (TPSA) is 63.6 Å². The summed E-state index contributed by atoms with van der Waals surface area (Å²) in [5.74, 6) is -0.942. The van der Waals surface area contributed by atoms with Gasteiger partial charge in [0, 0.05) is 0 Å². The quantitative estimate of drug-likeness (QED) is 0.656. The third kappa shape index (κ3) is 7.29. The van der Waals surface area contributed by atoms with Gasteiger partial charge >= 0.3 is 11.9 Å². The van der Waals surface area contributed by atoms with Crippen molar-refractivity contribution in [3.63, 3.8) is 0 Å². The van der Waals surface area contributed by atoms with Crippen molar-refractivity contribution in [2.45, 2.75) is 60.8 Å². The number of esters is 1. The first-order chi connectivity index (χ1) is 11.5. The Morgan fingerprint density at radius 3 is 2.32 bits per heavy atom. The molecule has 0 heterocycles. The standard InChI is InChI=1S/C21H32O4/c1-14(2)13-25-20(24)17-9-7-8-16(18(17)19(22)23)11-10-15(3)12-21(4,5)6/h7-9,14-15H,10-13H2,1-6H3,(H,22,23). The van der Waals surface area contributed by atoms with Gasteiger partial charge in [-0.1, -0.05) is 53.7 Å². The molecule has 1 atom stereocenters. The fraction of sp³-hybridized carbons (Fsp3) is 0.619. The summed E-state index contributed by atoms with van der Waals surface area (Å²) >= 11 is 0. The molecule has 0 fully saturated rings. The first-order valence-electron chi connectivity index (χ1n) is 9.03. The maximum atomic E-state index is 12.3. The summed E-state index contributed by atoms with van der Waals surface area (Å²) < 4.78 is 5.22. The lowest BCUT2D eigenvalue weighted by atomic mass is 9.82. The molecule has 0 saturated heterocycles. The molecule has 1 aromatic carbocycles. The van der Waals surface area contributed by atoms with Gasteiger partial charge in [-0.05, 0) is 48.1 Å². The van der Waals surface area contributed by atoms with Crippen LogP contribution < -0.4 is 0 Å². The van der Waals surface area contributed by atoms with Crippen LogP contribution in [0.25, 0.3) is 0 Å². The van der Waals surface area contributed by atoms with Gasteiger partial charge in [0.1, 0.15) is 0 Å². The maximum absolute atomic E-state index is 12.3. The van der Waals surface area contributed by atoms with E-state index in [1.54, 1.807) is 12.1 Å². The lowest BCUT2D eigenvalue weighted by molar-refractivity contribution is 0.0450. The van der Waals surface area contributed by atoms with Gasteiger partial charge in [-0.15, -0.1) is 0 Å². The number of benzene rings is 1. The smallest absolute Gasteiger partial charge is 0.339 e. The van der Waals surface area contributed by atoms with Gasteiger partial charge in [0.05, 0.1) is 17.7 Å². The van der Waals surface area contributed by atoms with Crippen molar-refractivity contribution in [2.75, 3.05) is 6.61 Å². The number of rotatable bonds is 8. The molecule has 0 aliphatic rings. The summed E-state index contributed by atoms with van der Waals surface area (Å²) in [7, 11) is 0. The zero-order valence-corrected chi connectivity index (χ0v) is 16.4. The molecule has 0 aliphatic heterocycles. The van der Waals surface area contributed by atoms with E-state index in [-0.39, 0.29) is 29.1 Å². The number of aromatic carboxylic acids is 1. The molecule has 4 nitrogen and oxygen atoms in total. The van der Waals surface area contributed by atoms with E-state index < -0.39 is 11.9 Å². The van der Waals surface area contributed by atoms with Crippen molar-refractivity contribution in [1.29, 1.82) is 0 Å². The average molecular weight is 348 g/mol. The minimum atomic E-state index is -1.07. The van der Waals surface area contributed by atoms with Crippen molar-refractivity contribution in [1.82, 2.24) is 0 Å². The van der Waals surface area contributed by atoms with Gasteiger partial charge in [-0.25, -0.2) is 9.59 Å². The summed E-state index contributed by atoms with van der Waals surface area (Å²) in [5.41, 5.74) is 1.18. The van der Waals surface area contributed by atoms with Crippen LogP contribution in [-0.4, -0.2) is 23.7 Å². The van der Waals surface area contributed by atoms with E-state index in [4.69, 9.17) is 4.74 Å². The number of carbonyl (C=O) groups excluding carboxylic acids is 1. The predicted molar refractivity (Wildman–Crippen MR) is 100 cm³/mol. The minimum Gasteiger partial charge on any atom is -0.478 e. The third-order valence-electron chi connectivity index (χ3n) is 4.00. The molecule has 1 aromatic rings. The van der Waals surface area contributed by atoms with Crippen LogP contribution in [0.3, 0.4) is 0 Å². The van der Waals surface area contributed by atoms with Crippen LogP contribution in [0.2, 0.25) is 0 Å². The Bertz CT molecular complexity index is 596. The van der Waals surface area contributed by atoms with Crippen molar-refractivity contribution in [2.24, 2.45) is 17.3 Å². The third-order valence-corrected chi connectivity index (χ3v) is 4.00. The Labute approximate surface area is 151 Å². The van der Waals surface area contributed by atoms with Gasteiger partial charge in [0.2, 0.25) is 0 Å². The van der Waals surface area contributed by atoms with Gasteiger partial charge in [-0.3, -0.25) is 0 Å². The highest BCUT2D eigenvalue weighted by atomic mass is 16.5. The fourth-order valence-corrected chi connectivity index (χ4v) is 3.10. The molecular formula is C21H32O4. The summed E-state index contributed by atoms with van der Waals surface area (Å²) in [4.78, 5) is 24.0. The summed E-state index contributed by atoms with van der Waals surface area (Å²) in [6, 6.07) is 5.07. The van der Waals surface area contributed by atoms with E-state index >= 15 is 0 Å². The maximum Gasteiger partial charge on any atom is 0.339 e. The van der Waals surface area contributed by atoms with Gasteiger partial charge in [-0.2, -0.15) is 0 Å². The molecule has 0 bridgehead atoms. The Morgan fingerprint density at radius 2 is 1.80 bits per heavy atom. The number of ether oxygens (including phenoxy) is 1. The molecule has 140 valence electrons. The first kappa shape index (κ1) is 21.2. The molecular weight excluding hydrogens is 316 g/mol. The molecule has 0 spiro atoms. The molecule has 0 aliphatic carbocycles. The first-order valence-corrected chi connectivity index (χ1v) is 9.03. The molecule has 0 amide bonds. The monoisotopic (exact) mass is 348 g/mol. The van der Waals surface area contributed by atoms with Crippen molar-refractivity contribution < 1.29 is 19.4 Å². The Kier molecular flexibility index (Phi) is 7.65. The number of carboxylic acids is 1. The minimum absolute atomic E-state index is 0.0826. The second kappa shape index (κ2) is 9.02. The highest BCUT2D eigenvalue weighted by molar-refractivity contribution is 6.03. The van der Waals surface area contributed by atoms with Gasteiger partial charge in [0.15, 0.2) is 0 Å². The van der Waals surface area contributed by atoms with Crippen LogP contribution in [0.5, 0.6) is 0 Å². The van der Waals surface area contributed by atoms with E-state index in [0.717, 1.165) is 12.8 Å². The number of carboxylic acid groups (broad SMARTS) is 1. The van der Waals surface area contributed by atoms with Crippen molar-refractivity contribution >= 4 is 11.9 Å². The highest BCUT2D eigenvalue weighted by Crippen LogP contribution is 2.28. The van der Waals surface area contributed by atoms with Crippen molar-refractivity contribution in [3.05, 3.63) is 34.9 Å². The lowest BCUT2D eigenvalue weighted by Crippen LogP contribution is -2.17. The van der Waals surface area contributed by atoms with E-state index in [1.807, 2.05) is 13.8 Å². The number of carbonyl (C=O) groups is 2. The SMILES string of the molecule is CC(C)COC(=O)c1cccc(CCC(C)CC(C)(C)C)c1C(=O)O. The summed E-state index contributed by atoms with van der Waals surface area (Å²) in [5, 5.41) is 9.62. The molecule has 0 radical (unpaired) electrons. The molecule has 0 aromatic heterocycles. The van der Waals surface area contributed by atoms with Crippen LogP contribution in [0.4, 0.5) is 0 Å². The Hall–Kier alpha value is -1.84. The van der Waals surface area contributed by atoms with Gasteiger partial charge in [0.25, 0.3) is 0 Å². The normalized spacial score (nSPS) is 12.9. The van der Waals surface area contributed by atoms with Crippen LogP contribution in [-0.2, 0) is 11.2 Å². The molecule has 25 heavy (non-hydrogen) atoms. The van der Waals surface area contributed by atoms with Crippen molar-refractivity contribution in [3.8, 4) is 0 Å². The number of hydrogen-bond acceptors (Lipinski definition) is 3. The van der Waals surface area contributed by atoms with Crippen LogP contribution in [0.15, 0.2) is 18.2 Å². The molecule has 1 rings (SSSR count). The van der Waals surface area contributed by atoms with Crippen LogP contribution in [0.1, 0.15) is 80.7 Å².